The SMILES string of the molecule is CN(C)CC(NC(=O)c1cccc(Br)c1)c1ccccc1. The maximum atomic E-state index is 12.4. The van der Waals surface area contributed by atoms with Crippen LogP contribution in [0.25, 0.3) is 0 Å². The Bertz CT molecular complexity index is 599. The highest BCUT2D eigenvalue weighted by atomic mass is 79.9. The van der Waals surface area contributed by atoms with Gasteiger partial charge in [-0.05, 0) is 37.9 Å². The van der Waals surface area contributed by atoms with Crippen LogP contribution in [0, 0.1) is 0 Å². The van der Waals surface area contributed by atoms with Crippen LogP contribution >= 0.6 is 15.9 Å². The summed E-state index contributed by atoms with van der Waals surface area (Å²) in [6, 6.07) is 17.4. The van der Waals surface area contributed by atoms with Gasteiger partial charge in [-0.25, -0.2) is 0 Å². The van der Waals surface area contributed by atoms with E-state index in [1.54, 1.807) is 0 Å². The summed E-state index contributed by atoms with van der Waals surface area (Å²) in [6.07, 6.45) is 0. The Balaban J connectivity index is 2.17. The quantitative estimate of drug-likeness (QED) is 0.898. The predicted octanol–water partition coefficient (Wildman–Crippen LogP) is 3.48. The molecule has 1 atom stereocenters. The zero-order chi connectivity index (χ0) is 15.2. The van der Waals surface area contributed by atoms with Crippen molar-refractivity contribution in [1.82, 2.24) is 10.2 Å². The van der Waals surface area contributed by atoms with E-state index in [0.29, 0.717) is 5.56 Å². The van der Waals surface area contributed by atoms with E-state index in [2.05, 4.69) is 26.1 Å². The first-order valence-corrected chi connectivity index (χ1v) is 7.61. The van der Waals surface area contributed by atoms with Crippen LogP contribution < -0.4 is 5.32 Å². The Hall–Kier alpha value is -1.65. The molecule has 2 rings (SSSR count). The molecule has 0 bridgehead atoms. The Labute approximate surface area is 134 Å². The second-order valence-corrected chi connectivity index (χ2v) is 6.12. The molecule has 0 heterocycles. The zero-order valence-electron chi connectivity index (χ0n) is 12.2. The number of likely N-dealkylation sites (N-methyl/N-ethyl adjacent to an activating group) is 1. The van der Waals surface area contributed by atoms with Gasteiger partial charge in [-0.2, -0.15) is 0 Å². The number of carbonyl (C=O) groups is 1. The van der Waals surface area contributed by atoms with Gasteiger partial charge in [0.15, 0.2) is 0 Å². The third-order valence-corrected chi connectivity index (χ3v) is 3.64. The first kappa shape index (κ1) is 15.7. The number of nitrogens with zero attached hydrogens (tertiary/aromatic N) is 1. The van der Waals surface area contributed by atoms with Crippen molar-refractivity contribution < 1.29 is 4.79 Å². The average molecular weight is 347 g/mol. The van der Waals surface area contributed by atoms with Gasteiger partial charge in [-0.3, -0.25) is 4.79 Å². The van der Waals surface area contributed by atoms with Crippen molar-refractivity contribution in [3.63, 3.8) is 0 Å². The molecule has 1 unspecified atom stereocenters. The van der Waals surface area contributed by atoms with Crippen molar-refractivity contribution in [3.05, 3.63) is 70.2 Å². The zero-order valence-corrected chi connectivity index (χ0v) is 13.8. The smallest absolute Gasteiger partial charge is 0.251 e. The minimum absolute atomic E-state index is 0.0346. The molecule has 3 nitrogen and oxygen atoms in total. The van der Waals surface area contributed by atoms with Crippen LogP contribution in [0.1, 0.15) is 22.0 Å². The van der Waals surface area contributed by atoms with Gasteiger partial charge in [0.05, 0.1) is 6.04 Å². The normalized spacial score (nSPS) is 12.2. The molecule has 4 heteroatoms. The van der Waals surface area contributed by atoms with Gasteiger partial charge < -0.3 is 10.2 Å². The summed E-state index contributed by atoms with van der Waals surface area (Å²) in [5, 5.41) is 3.11. The number of carbonyl (C=O) groups excluding carboxylic acids is 1. The molecule has 0 spiro atoms. The van der Waals surface area contributed by atoms with Crippen molar-refractivity contribution in [3.8, 4) is 0 Å². The largest absolute Gasteiger partial charge is 0.344 e. The molecule has 0 fully saturated rings. The van der Waals surface area contributed by atoms with Gasteiger partial charge in [-0.1, -0.05) is 52.3 Å². The van der Waals surface area contributed by atoms with E-state index in [1.807, 2.05) is 68.7 Å². The van der Waals surface area contributed by atoms with Crippen LogP contribution in [-0.4, -0.2) is 31.4 Å². The van der Waals surface area contributed by atoms with E-state index in [9.17, 15) is 4.79 Å². The number of hydrogen-bond acceptors (Lipinski definition) is 2. The van der Waals surface area contributed by atoms with E-state index in [-0.39, 0.29) is 11.9 Å². The Kier molecular flexibility index (Phi) is 5.53. The number of amides is 1. The van der Waals surface area contributed by atoms with E-state index in [1.165, 1.54) is 0 Å². The standard InChI is InChI=1S/C17H19BrN2O/c1-20(2)12-16(13-7-4-3-5-8-13)19-17(21)14-9-6-10-15(18)11-14/h3-11,16H,12H2,1-2H3,(H,19,21). The van der Waals surface area contributed by atoms with Gasteiger partial charge in [0, 0.05) is 16.6 Å². The first-order chi connectivity index (χ1) is 10.1. The Morgan fingerprint density at radius 1 is 1.14 bits per heavy atom. The van der Waals surface area contributed by atoms with E-state index < -0.39 is 0 Å². The molecule has 0 saturated heterocycles. The number of benzene rings is 2. The van der Waals surface area contributed by atoms with Crippen molar-refractivity contribution >= 4 is 21.8 Å². The molecular weight excluding hydrogens is 328 g/mol. The molecule has 2 aromatic rings. The fourth-order valence-corrected chi connectivity index (χ4v) is 2.56. The third-order valence-electron chi connectivity index (χ3n) is 3.14. The van der Waals surface area contributed by atoms with E-state index in [4.69, 9.17) is 0 Å². The molecule has 0 aliphatic rings. The number of halogens is 1. The van der Waals surface area contributed by atoms with Crippen molar-refractivity contribution in [1.29, 1.82) is 0 Å². The van der Waals surface area contributed by atoms with Crippen LogP contribution in [-0.2, 0) is 0 Å². The second kappa shape index (κ2) is 7.38. The molecule has 0 aliphatic heterocycles. The van der Waals surface area contributed by atoms with Crippen molar-refractivity contribution in [2.75, 3.05) is 20.6 Å². The number of rotatable bonds is 5. The topological polar surface area (TPSA) is 32.3 Å². The Morgan fingerprint density at radius 3 is 2.48 bits per heavy atom. The maximum Gasteiger partial charge on any atom is 0.251 e. The average Bonchev–Trinajstić information content (AvgIpc) is 2.47. The fourth-order valence-electron chi connectivity index (χ4n) is 2.16. The molecule has 0 aliphatic carbocycles. The third kappa shape index (κ3) is 4.69. The molecule has 0 radical (unpaired) electrons. The summed E-state index contributed by atoms with van der Waals surface area (Å²) >= 11 is 3.39. The highest BCUT2D eigenvalue weighted by Gasteiger charge is 2.16. The summed E-state index contributed by atoms with van der Waals surface area (Å²) in [6.45, 7) is 0.754. The maximum absolute atomic E-state index is 12.4. The van der Waals surface area contributed by atoms with Gasteiger partial charge in [0.1, 0.15) is 0 Å². The summed E-state index contributed by atoms with van der Waals surface area (Å²) < 4.78 is 0.902. The lowest BCUT2D eigenvalue weighted by Crippen LogP contribution is -2.35. The molecule has 0 aromatic heterocycles. The van der Waals surface area contributed by atoms with Crippen molar-refractivity contribution in [2.45, 2.75) is 6.04 Å². The molecule has 110 valence electrons. The summed E-state index contributed by atoms with van der Waals surface area (Å²) in [4.78, 5) is 14.5. The van der Waals surface area contributed by atoms with Gasteiger partial charge >= 0.3 is 0 Å². The molecular formula is C17H19BrN2O. The first-order valence-electron chi connectivity index (χ1n) is 6.82. The van der Waals surface area contributed by atoms with Crippen LogP contribution in [0.3, 0.4) is 0 Å². The molecule has 21 heavy (non-hydrogen) atoms. The minimum atomic E-state index is -0.0630. The lowest BCUT2D eigenvalue weighted by Gasteiger charge is -2.23. The molecule has 1 N–H and O–H groups in total. The monoisotopic (exact) mass is 346 g/mol. The summed E-state index contributed by atoms with van der Waals surface area (Å²) in [5.74, 6) is -0.0630. The van der Waals surface area contributed by atoms with Gasteiger partial charge in [0.25, 0.3) is 5.91 Å². The fraction of sp³-hybridized carbons (Fsp3) is 0.235. The van der Waals surface area contributed by atoms with Gasteiger partial charge in [-0.15, -0.1) is 0 Å². The number of nitrogens with one attached hydrogen (secondary N) is 1. The highest BCUT2D eigenvalue weighted by Crippen LogP contribution is 2.16. The number of hydrogen-bond donors (Lipinski definition) is 1. The molecule has 2 aromatic carbocycles. The summed E-state index contributed by atoms with van der Waals surface area (Å²) in [7, 11) is 4.00. The summed E-state index contributed by atoms with van der Waals surface area (Å²) in [5.41, 5.74) is 1.76. The minimum Gasteiger partial charge on any atom is -0.344 e. The van der Waals surface area contributed by atoms with Crippen LogP contribution in [0.4, 0.5) is 0 Å². The lowest BCUT2D eigenvalue weighted by atomic mass is 10.1. The molecule has 0 saturated carbocycles. The molecule has 1 amide bonds. The van der Waals surface area contributed by atoms with Gasteiger partial charge in [0.2, 0.25) is 0 Å². The lowest BCUT2D eigenvalue weighted by molar-refractivity contribution is 0.0930. The van der Waals surface area contributed by atoms with Crippen LogP contribution in [0.2, 0.25) is 0 Å². The highest BCUT2D eigenvalue weighted by molar-refractivity contribution is 9.10. The van der Waals surface area contributed by atoms with E-state index in [0.717, 1.165) is 16.6 Å². The van der Waals surface area contributed by atoms with Crippen molar-refractivity contribution in [2.24, 2.45) is 0 Å². The Morgan fingerprint density at radius 2 is 1.86 bits per heavy atom. The van der Waals surface area contributed by atoms with Crippen LogP contribution in [0.15, 0.2) is 59.1 Å². The predicted molar refractivity (Wildman–Crippen MR) is 89.3 cm³/mol. The van der Waals surface area contributed by atoms with E-state index >= 15 is 0 Å². The van der Waals surface area contributed by atoms with Crippen LogP contribution in [0.5, 0.6) is 0 Å². The second-order valence-electron chi connectivity index (χ2n) is 5.21.